The lowest BCUT2D eigenvalue weighted by Crippen LogP contribution is -2.54. The molecule has 1 fully saturated rings. The first-order valence-electron chi connectivity index (χ1n) is 10.1. The number of aryl methyl sites for hydroxylation is 1. The van der Waals surface area contributed by atoms with Crippen molar-refractivity contribution >= 4 is 41.2 Å². The smallest absolute Gasteiger partial charge is 0.335 e. The lowest BCUT2D eigenvalue weighted by molar-refractivity contribution is -0.122. The maximum absolute atomic E-state index is 13.1. The Hall–Kier alpha value is -4.04. The highest BCUT2D eigenvalue weighted by Crippen LogP contribution is 2.35. The van der Waals surface area contributed by atoms with E-state index in [-0.39, 0.29) is 12.4 Å². The van der Waals surface area contributed by atoms with Gasteiger partial charge >= 0.3 is 6.03 Å². The van der Waals surface area contributed by atoms with Crippen LogP contribution in [0.4, 0.5) is 10.5 Å². The molecule has 0 unspecified atom stereocenters. The Morgan fingerprint density at radius 1 is 0.939 bits per heavy atom. The Morgan fingerprint density at radius 3 is 2.39 bits per heavy atom. The van der Waals surface area contributed by atoms with E-state index in [0.29, 0.717) is 27.8 Å². The van der Waals surface area contributed by atoms with Gasteiger partial charge in [-0.1, -0.05) is 11.6 Å². The average molecular weight is 464 g/mol. The van der Waals surface area contributed by atoms with E-state index in [4.69, 9.17) is 21.1 Å². The first-order valence-corrected chi connectivity index (χ1v) is 10.5. The SMILES string of the molecule is Cc1cc(/C=C2\C(=O)NC(=O)N(c3ccc(Cl)cc3)C2=O)c(C)n1-c1ccc2c(c1)OCO2. The molecule has 3 heterocycles. The molecule has 5 rings (SSSR count). The second-order valence-electron chi connectivity index (χ2n) is 7.63. The molecule has 0 aliphatic carbocycles. The summed E-state index contributed by atoms with van der Waals surface area (Å²) in [6.07, 6.45) is 1.50. The molecule has 0 saturated carbocycles. The monoisotopic (exact) mass is 463 g/mol. The molecule has 2 aliphatic heterocycles. The van der Waals surface area contributed by atoms with Gasteiger partial charge in [-0.3, -0.25) is 14.9 Å². The van der Waals surface area contributed by atoms with Crippen LogP contribution in [-0.4, -0.2) is 29.2 Å². The highest BCUT2D eigenvalue weighted by atomic mass is 35.5. The number of halogens is 1. The van der Waals surface area contributed by atoms with Crippen molar-refractivity contribution in [1.82, 2.24) is 9.88 Å². The van der Waals surface area contributed by atoms with Gasteiger partial charge in [-0.2, -0.15) is 0 Å². The zero-order chi connectivity index (χ0) is 23.3. The van der Waals surface area contributed by atoms with E-state index in [0.717, 1.165) is 22.0 Å². The van der Waals surface area contributed by atoms with Gasteiger partial charge in [0.05, 0.1) is 5.69 Å². The average Bonchev–Trinajstić information content (AvgIpc) is 3.35. The minimum absolute atomic E-state index is 0.143. The summed E-state index contributed by atoms with van der Waals surface area (Å²) in [4.78, 5) is 39.0. The van der Waals surface area contributed by atoms with E-state index in [1.165, 1.54) is 6.08 Å². The summed E-state index contributed by atoms with van der Waals surface area (Å²) in [6.45, 7) is 3.99. The number of hydrogen-bond acceptors (Lipinski definition) is 5. The maximum atomic E-state index is 13.1. The third-order valence-electron chi connectivity index (χ3n) is 5.57. The molecule has 2 aliphatic rings. The van der Waals surface area contributed by atoms with Crippen molar-refractivity contribution in [3.8, 4) is 17.2 Å². The second kappa shape index (κ2) is 7.83. The van der Waals surface area contributed by atoms with Gasteiger partial charge in [0, 0.05) is 28.2 Å². The molecule has 2 aromatic carbocycles. The minimum atomic E-state index is -0.810. The summed E-state index contributed by atoms with van der Waals surface area (Å²) in [5.74, 6) is -0.124. The summed E-state index contributed by atoms with van der Waals surface area (Å²) in [6, 6.07) is 12.9. The molecular formula is C24H18ClN3O5. The number of carbonyl (C=O) groups excluding carboxylic acids is 3. The van der Waals surface area contributed by atoms with Crippen molar-refractivity contribution in [2.75, 3.05) is 11.7 Å². The van der Waals surface area contributed by atoms with Gasteiger partial charge in [0.2, 0.25) is 6.79 Å². The number of carbonyl (C=O) groups is 3. The molecule has 0 atom stereocenters. The number of nitrogens with zero attached hydrogens (tertiary/aromatic N) is 2. The largest absolute Gasteiger partial charge is 0.454 e. The number of aromatic nitrogens is 1. The van der Waals surface area contributed by atoms with E-state index in [1.807, 2.05) is 42.7 Å². The molecule has 8 nitrogen and oxygen atoms in total. The Labute approximate surface area is 194 Å². The summed E-state index contributed by atoms with van der Waals surface area (Å²) in [7, 11) is 0. The van der Waals surface area contributed by atoms with E-state index < -0.39 is 17.8 Å². The Bertz CT molecular complexity index is 1360. The summed E-state index contributed by atoms with van der Waals surface area (Å²) >= 11 is 5.91. The second-order valence-corrected chi connectivity index (χ2v) is 8.07. The predicted octanol–water partition coefficient (Wildman–Crippen LogP) is 4.14. The molecule has 1 N–H and O–H groups in total. The minimum Gasteiger partial charge on any atom is -0.454 e. The van der Waals surface area contributed by atoms with Crippen LogP contribution in [0.5, 0.6) is 11.5 Å². The number of urea groups is 1. The number of rotatable bonds is 3. The van der Waals surface area contributed by atoms with Crippen LogP contribution in [0, 0.1) is 13.8 Å². The van der Waals surface area contributed by atoms with E-state index in [9.17, 15) is 14.4 Å². The molecule has 1 aromatic heterocycles. The first-order chi connectivity index (χ1) is 15.8. The van der Waals surface area contributed by atoms with E-state index in [2.05, 4.69) is 5.32 Å². The number of ether oxygens (including phenoxy) is 2. The third-order valence-corrected chi connectivity index (χ3v) is 5.82. The van der Waals surface area contributed by atoms with Crippen LogP contribution in [-0.2, 0) is 9.59 Å². The van der Waals surface area contributed by atoms with Gasteiger partial charge in [0.15, 0.2) is 11.5 Å². The van der Waals surface area contributed by atoms with Crippen LogP contribution in [0.25, 0.3) is 11.8 Å². The number of nitrogens with one attached hydrogen (secondary N) is 1. The fourth-order valence-electron chi connectivity index (χ4n) is 3.99. The van der Waals surface area contributed by atoms with Crippen molar-refractivity contribution in [3.05, 3.63) is 76.1 Å². The maximum Gasteiger partial charge on any atom is 0.335 e. The van der Waals surface area contributed by atoms with E-state index >= 15 is 0 Å². The molecule has 33 heavy (non-hydrogen) atoms. The number of fused-ring (bicyclic) bond motifs is 1. The van der Waals surface area contributed by atoms with Crippen LogP contribution in [0.1, 0.15) is 17.0 Å². The van der Waals surface area contributed by atoms with Crippen molar-refractivity contribution < 1.29 is 23.9 Å². The summed E-state index contributed by atoms with van der Waals surface area (Å²) in [5.41, 5.74) is 3.41. The standard InChI is InChI=1S/C24H18ClN3O5/c1-13-9-15(14(2)27(13)18-7-8-20-21(11-18)33-12-32-20)10-19-22(29)26-24(31)28(23(19)30)17-5-3-16(25)4-6-17/h3-11H,12H2,1-2H3,(H,26,29,31)/b19-10+. The molecule has 1 saturated heterocycles. The Balaban J connectivity index is 1.54. The van der Waals surface area contributed by atoms with Gasteiger partial charge in [-0.25, -0.2) is 9.69 Å². The first kappa shape index (κ1) is 20.8. The van der Waals surface area contributed by atoms with Crippen LogP contribution in [0.3, 0.4) is 0 Å². The third kappa shape index (κ3) is 3.54. The number of hydrogen-bond donors (Lipinski definition) is 1. The number of imide groups is 2. The van der Waals surface area contributed by atoms with Crippen LogP contribution in [0.15, 0.2) is 54.1 Å². The van der Waals surface area contributed by atoms with Crippen molar-refractivity contribution in [2.24, 2.45) is 0 Å². The Kier molecular flexibility index (Phi) is 4.94. The molecule has 9 heteroatoms. The van der Waals surface area contributed by atoms with Crippen molar-refractivity contribution in [2.45, 2.75) is 13.8 Å². The van der Waals surface area contributed by atoms with Crippen LogP contribution < -0.4 is 19.7 Å². The molecule has 3 aromatic rings. The lowest BCUT2D eigenvalue weighted by Gasteiger charge is -2.26. The van der Waals surface area contributed by atoms with Crippen LogP contribution in [0.2, 0.25) is 5.02 Å². The van der Waals surface area contributed by atoms with Crippen molar-refractivity contribution in [1.29, 1.82) is 0 Å². The van der Waals surface area contributed by atoms with Crippen LogP contribution >= 0.6 is 11.6 Å². The predicted molar refractivity (Wildman–Crippen MR) is 122 cm³/mol. The molecule has 0 spiro atoms. The topological polar surface area (TPSA) is 89.9 Å². The van der Waals surface area contributed by atoms with Gasteiger partial charge in [-0.15, -0.1) is 0 Å². The summed E-state index contributed by atoms with van der Waals surface area (Å²) < 4.78 is 12.8. The van der Waals surface area contributed by atoms with Crippen molar-refractivity contribution in [3.63, 3.8) is 0 Å². The molecule has 4 amide bonds. The van der Waals surface area contributed by atoms with Gasteiger partial charge < -0.3 is 14.0 Å². The fourth-order valence-corrected chi connectivity index (χ4v) is 4.12. The highest BCUT2D eigenvalue weighted by Gasteiger charge is 2.37. The fraction of sp³-hybridized carbons (Fsp3) is 0.125. The lowest BCUT2D eigenvalue weighted by atomic mass is 10.1. The number of amides is 4. The Morgan fingerprint density at radius 2 is 1.64 bits per heavy atom. The number of benzene rings is 2. The number of barbiturate groups is 1. The van der Waals surface area contributed by atoms with Gasteiger partial charge in [-0.05, 0) is 68.0 Å². The van der Waals surface area contributed by atoms with E-state index in [1.54, 1.807) is 24.3 Å². The molecule has 0 radical (unpaired) electrons. The van der Waals surface area contributed by atoms with Gasteiger partial charge in [0.25, 0.3) is 11.8 Å². The zero-order valence-corrected chi connectivity index (χ0v) is 18.5. The highest BCUT2D eigenvalue weighted by molar-refractivity contribution is 6.39. The summed E-state index contributed by atoms with van der Waals surface area (Å²) in [5, 5.41) is 2.70. The molecule has 166 valence electrons. The molecule has 0 bridgehead atoms. The quantitative estimate of drug-likeness (QED) is 0.465. The molecular weight excluding hydrogens is 446 g/mol. The van der Waals surface area contributed by atoms with Gasteiger partial charge in [0.1, 0.15) is 5.57 Å². The zero-order valence-electron chi connectivity index (χ0n) is 17.7. The normalized spacial score (nSPS) is 16.5. The number of anilines is 1.